The Kier molecular flexibility index (Phi) is 4.53. The summed E-state index contributed by atoms with van der Waals surface area (Å²) in [6.07, 6.45) is 9.15. The minimum atomic E-state index is 0.738. The van der Waals surface area contributed by atoms with Crippen molar-refractivity contribution in [2.24, 2.45) is 0 Å². The monoisotopic (exact) mass is 201 g/mol. The van der Waals surface area contributed by atoms with Crippen LogP contribution < -0.4 is 0 Å². The fraction of sp³-hybridized carbons (Fsp3) is 1.00. The predicted molar refractivity (Wildman–Crippen MR) is 47.7 cm³/mol. The minimum absolute atomic E-state index is 0.738. The van der Waals surface area contributed by atoms with Crippen LogP contribution in [-0.4, -0.2) is 15.8 Å². The Labute approximate surface area is 71.5 Å². The molecule has 0 atom stereocenters. The molecule has 1 radical (unpaired) electrons. The molecule has 1 heteroatoms. The van der Waals surface area contributed by atoms with Crippen molar-refractivity contribution in [3.63, 3.8) is 0 Å². The standard InChI is InChI=1S/C9H18As/c1-2-8-10-9-6-4-3-5-7-9/h9H,2-8H2,1H3. The van der Waals surface area contributed by atoms with Gasteiger partial charge in [0.05, 0.1) is 0 Å². The summed E-state index contributed by atoms with van der Waals surface area (Å²) >= 11 is 0.738. The second-order valence-corrected chi connectivity index (χ2v) is 6.43. The molecule has 0 bridgehead atoms. The number of rotatable bonds is 3. The van der Waals surface area contributed by atoms with Gasteiger partial charge in [-0.2, -0.15) is 0 Å². The molecule has 0 N–H and O–H groups in total. The van der Waals surface area contributed by atoms with Gasteiger partial charge in [-0.15, -0.1) is 0 Å². The molecule has 0 heterocycles. The normalized spacial score (nSPS) is 22.5. The van der Waals surface area contributed by atoms with Crippen LogP contribution in [0.3, 0.4) is 0 Å². The molecular weight excluding hydrogens is 183 g/mol. The molecule has 1 fully saturated rings. The van der Waals surface area contributed by atoms with Crippen LogP contribution in [0.2, 0.25) is 9.91 Å². The molecule has 1 saturated carbocycles. The van der Waals surface area contributed by atoms with Crippen molar-refractivity contribution >= 4 is 15.8 Å². The van der Waals surface area contributed by atoms with Crippen LogP contribution in [0.4, 0.5) is 0 Å². The Bertz CT molecular complexity index is 74.8. The Morgan fingerprint density at radius 1 is 1.20 bits per heavy atom. The van der Waals surface area contributed by atoms with Crippen molar-refractivity contribution in [3.8, 4) is 0 Å². The third kappa shape index (κ3) is 3.10. The van der Waals surface area contributed by atoms with Gasteiger partial charge in [-0.05, 0) is 0 Å². The van der Waals surface area contributed by atoms with Gasteiger partial charge in [0.1, 0.15) is 0 Å². The molecule has 59 valence electrons. The summed E-state index contributed by atoms with van der Waals surface area (Å²) < 4.78 is 1.20. The van der Waals surface area contributed by atoms with E-state index in [0.717, 1.165) is 15.8 Å². The molecule has 0 unspecified atom stereocenters. The molecule has 0 nitrogen and oxygen atoms in total. The third-order valence-corrected chi connectivity index (χ3v) is 5.83. The van der Waals surface area contributed by atoms with Gasteiger partial charge in [-0.1, -0.05) is 0 Å². The van der Waals surface area contributed by atoms with E-state index in [1.807, 2.05) is 0 Å². The van der Waals surface area contributed by atoms with Crippen molar-refractivity contribution in [1.82, 2.24) is 0 Å². The SMILES string of the molecule is CCC[As]C1CCCCC1. The van der Waals surface area contributed by atoms with E-state index in [9.17, 15) is 0 Å². The first kappa shape index (κ1) is 8.65. The maximum absolute atomic E-state index is 2.32. The second kappa shape index (κ2) is 5.24. The van der Waals surface area contributed by atoms with E-state index in [1.165, 1.54) is 30.4 Å². The zero-order chi connectivity index (χ0) is 7.23. The van der Waals surface area contributed by atoms with E-state index in [0.29, 0.717) is 0 Å². The number of hydrogen-bond acceptors (Lipinski definition) is 0. The summed E-state index contributed by atoms with van der Waals surface area (Å²) in [6, 6.07) is 0. The van der Waals surface area contributed by atoms with Crippen LogP contribution in [0, 0.1) is 0 Å². The average Bonchev–Trinajstić information content (AvgIpc) is 2.03. The first-order valence-electron chi connectivity index (χ1n) is 4.60. The predicted octanol–water partition coefficient (Wildman–Crippen LogP) is 3.27. The molecule has 0 spiro atoms. The Hall–Kier alpha value is 0.558. The first-order chi connectivity index (χ1) is 4.93. The van der Waals surface area contributed by atoms with Gasteiger partial charge in [0.15, 0.2) is 0 Å². The fourth-order valence-electron chi connectivity index (χ4n) is 1.58. The molecule has 1 rings (SSSR count). The van der Waals surface area contributed by atoms with Crippen molar-refractivity contribution in [3.05, 3.63) is 0 Å². The van der Waals surface area contributed by atoms with Crippen LogP contribution in [0.5, 0.6) is 0 Å². The van der Waals surface area contributed by atoms with Gasteiger partial charge in [-0.25, -0.2) is 0 Å². The summed E-state index contributed by atoms with van der Waals surface area (Å²) in [7, 11) is 0. The maximum atomic E-state index is 2.32. The van der Waals surface area contributed by atoms with Gasteiger partial charge >= 0.3 is 71.1 Å². The average molecular weight is 201 g/mol. The van der Waals surface area contributed by atoms with Crippen LogP contribution in [0.15, 0.2) is 0 Å². The Morgan fingerprint density at radius 3 is 2.50 bits per heavy atom. The Morgan fingerprint density at radius 2 is 1.90 bits per heavy atom. The molecule has 0 aromatic rings. The van der Waals surface area contributed by atoms with Crippen LogP contribution in [0.1, 0.15) is 45.4 Å². The topological polar surface area (TPSA) is 0 Å². The van der Waals surface area contributed by atoms with Crippen LogP contribution >= 0.6 is 0 Å². The molecule has 0 saturated heterocycles. The van der Waals surface area contributed by atoms with E-state index in [2.05, 4.69) is 6.92 Å². The van der Waals surface area contributed by atoms with Gasteiger partial charge in [0.2, 0.25) is 0 Å². The first-order valence-corrected chi connectivity index (χ1v) is 7.01. The molecule has 0 aromatic carbocycles. The third-order valence-electron chi connectivity index (χ3n) is 2.19. The van der Waals surface area contributed by atoms with Crippen LogP contribution in [0.25, 0.3) is 0 Å². The van der Waals surface area contributed by atoms with Gasteiger partial charge < -0.3 is 0 Å². The van der Waals surface area contributed by atoms with Crippen molar-refractivity contribution in [2.45, 2.75) is 55.4 Å². The molecule has 1 aliphatic carbocycles. The van der Waals surface area contributed by atoms with E-state index < -0.39 is 0 Å². The molecule has 1 aliphatic rings. The van der Waals surface area contributed by atoms with Gasteiger partial charge in [-0.3, -0.25) is 0 Å². The second-order valence-electron chi connectivity index (χ2n) is 3.20. The zero-order valence-corrected chi connectivity index (χ0v) is 8.85. The molecular formula is C9H18As. The van der Waals surface area contributed by atoms with Crippen molar-refractivity contribution < 1.29 is 0 Å². The molecule has 0 aliphatic heterocycles. The van der Waals surface area contributed by atoms with Gasteiger partial charge in [0.25, 0.3) is 0 Å². The summed E-state index contributed by atoms with van der Waals surface area (Å²) in [4.78, 5) is 0. The molecule has 0 amide bonds. The van der Waals surface area contributed by atoms with Crippen molar-refractivity contribution in [2.75, 3.05) is 0 Å². The summed E-state index contributed by atoms with van der Waals surface area (Å²) in [5.74, 6) is 0. The van der Waals surface area contributed by atoms with Gasteiger partial charge in [0, 0.05) is 0 Å². The summed E-state index contributed by atoms with van der Waals surface area (Å²) in [5, 5.41) is 1.56. The van der Waals surface area contributed by atoms with E-state index >= 15 is 0 Å². The Balaban J connectivity index is 2.02. The molecule has 0 aromatic heterocycles. The van der Waals surface area contributed by atoms with E-state index in [1.54, 1.807) is 18.1 Å². The van der Waals surface area contributed by atoms with Crippen LogP contribution in [-0.2, 0) is 0 Å². The van der Waals surface area contributed by atoms with Crippen molar-refractivity contribution in [1.29, 1.82) is 0 Å². The quantitative estimate of drug-likeness (QED) is 0.615. The number of hydrogen-bond donors (Lipinski definition) is 0. The van der Waals surface area contributed by atoms with E-state index in [4.69, 9.17) is 0 Å². The molecule has 10 heavy (non-hydrogen) atoms. The summed E-state index contributed by atoms with van der Waals surface area (Å²) in [5.41, 5.74) is 0. The van der Waals surface area contributed by atoms with E-state index in [-0.39, 0.29) is 0 Å². The fourth-order valence-corrected chi connectivity index (χ4v) is 4.42. The zero-order valence-electron chi connectivity index (χ0n) is 6.97. The summed E-state index contributed by atoms with van der Waals surface area (Å²) in [6.45, 7) is 2.32.